The van der Waals surface area contributed by atoms with Crippen molar-refractivity contribution in [1.82, 2.24) is 23.1 Å². The first kappa shape index (κ1) is 19.0. The van der Waals surface area contributed by atoms with E-state index in [1.807, 2.05) is 0 Å². The molecule has 11 heteroatoms. The van der Waals surface area contributed by atoms with Crippen molar-refractivity contribution in [2.45, 2.75) is 25.2 Å². The third-order valence-corrected chi connectivity index (χ3v) is 7.44. The molecule has 1 aromatic carbocycles. The van der Waals surface area contributed by atoms with Gasteiger partial charge in [0.2, 0.25) is 15.9 Å². The van der Waals surface area contributed by atoms with Crippen LogP contribution >= 0.6 is 11.7 Å². The average Bonchev–Trinajstić information content (AvgIpc) is 3.29. The van der Waals surface area contributed by atoms with Gasteiger partial charge >= 0.3 is 0 Å². The monoisotopic (exact) mass is 421 g/mol. The van der Waals surface area contributed by atoms with Crippen molar-refractivity contribution >= 4 is 38.7 Å². The van der Waals surface area contributed by atoms with Gasteiger partial charge < -0.3 is 9.42 Å². The molecule has 1 saturated heterocycles. The van der Waals surface area contributed by atoms with Crippen LogP contribution in [0.15, 0.2) is 27.6 Å². The lowest BCUT2D eigenvalue weighted by atomic mass is 10.1. The zero-order valence-electron chi connectivity index (χ0n) is 15.5. The Morgan fingerprint density at radius 2 is 1.93 bits per heavy atom. The minimum Gasteiger partial charge on any atom is -0.361 e. The second-order valence-electron chi connectivity index (χ2n) is 6.65. The maximum absolute atomic E-state index is 13.1. The van der Waals surface area contributed by atoms with E-state index in [1.54, 1.807) is 36.9 Å². The average molecular weight is 422 g/mol. The van der Waals surface area contributed by atoms with Crippen LogP contribution in [0.2, 0.25) is 0 Å². The topological polar surface area (TPSA) is 110 Å². The third kappa shape index (κ3) is 3.29. The highest BCUT2D eigenvalue weighted by Gasteiger charge is 2.32. The van der Waals surface area contributed by atoms with Crippen LogP contribution in [-0.4, -0.2) is 63.6 Å². The maximum atomic E-state index is 13.1. The Bertz CT molecular complexity index is 1110. The Labute approximate surface area is 166 Å². The molecule has 0 N–H and O–H groups in total. The number of hydrogen-bond acceptors (Lipinski definition) is 8. The molecule has 0 unspecified atom stereocenters. The Morgan fingerprint density at radius 1 is 1.18 bits per heavy atom. The normalized spacial score (nSPS) is 16.0. The van der Waals surface area contributed by atoms with Crippen LogP contribution in [0.5, 0.6) is 0 Å². The molecular formula is C17H19N5O4S2. The van der Waals surface area contributed by atoms with Gasteiger partial charge in [-0.05, 0) is 26.0 Å². The van der Waals surface area contributed by atoms with Crippen LogP contribution in [0.25, 0.3) is 11.0 Å². The number of hydrogen-bond donors (Lipinski definition) is 0. The van der Waals surface area contributed by atoms with Crippen molar-refractivity contribution in [3.8, 4) is 0 Å². The summed E-state index contributed by atoms with van der Waals surface area (Å²) in [7, 11) is -3.70. The van der Waals surface area contributed by atoms with E-state index in [9.17, 15) is 13.2 Å². The Balaban J connectivity index is 1.46. The molecule has 9 nitrogen and oxygen atoms in total. The fraction of sp³-hybridized carbons (Fsp3) is 0.412. The van der Waals surface area contributed by atoms with E-state index in [4.69, 9.17) is 4.52 Å². The van der Waals surface area contributed by atoms with Gasteiger partial charge in [0.05, 0.1) is 23.8 Å². The third-order valence-electron chi connectivity index (χ3n) is 4.97. The van der Waals surface area contributed by atoms with Gasteiger partial charge in [-0.2, -0.15) is 13.1 Å². The number of sulfonamides is 1. The van der Waals surface area contributed by atoms with Gasteiger partial charge in [0, 0.05) is 31.7 Å². The smallest absolute Gasteiger partial charge is 0.245 e. The number of carbonyl (C=O) groups is 1. The molecule has 28 heavy (non-hydrogen) atoms. The minimum absolute atomic E-state index is 0.0581. The van der Waals surface area contributed by atoms with Crippen LogP contribution in [0, 0.1) is 13.8 Å². The molecule has 1 aliphatic heterocycles. The van der Waals surface area contributed by atoms with Gasteiger partial charge in [0.25, 0.3) is 0 Å². The van der Waals surface area contributed by atoms with Crippen LogP contribution in [0.4, 0.5) is 0 Å². The molecule has 0 aliphatic carbocycles. The van der Waals surface area contributed by atoms with Crippen LogP contribution in [0.3, 0.4) is 0 Å². The van der Waals surface area contributed by atoms with Crippen molar-refractivity contribution in [1.29, 1.82) is 0 Å². The molecule has 0 atom stereocenters. The Hall–Kier alpha value is -2.37. The number of carbonyl (C=O) groups excluding carboxylic acids is 1. The first-order valence-corrected chi connectivity index (χ1v) is 11.0. The molecule has 3 heterocycles. The van der Waals surface area contributed by atoms with Gasteiger partial charge in [-0.1, -0.05) is 11.2 Å². The maximum Gasteiger partial charge on any atom is 0.245 e. The molecule has 1 fully saturated rings. The number of fused-ring (bicyclic) bond motifs is 1. The quantitative estimate of drug-likeness (QED) is 0.626. The molecule has 0 spiro atoms. The van der Waals surface area contributed by atoms with Gasteiger partial charge in [0.1, 0.15) is 21.7 Å². The van der Waals surface area contributed by atoms with E-state index in [1.165, 1.54) is 4.31 Å². The first-order chi connectivity index (χ1) is 13.4. The van der Waals surface area contributed by atoms with E-state index < -0.39 is 10.0 Å². The molecule has 148 valence electrons. The number of rotatable bonds is 4. The number of nitrogens with zero attached hydrogens (tertiary/aromatic N) is 5. The van der Waals surface area contributed by atoms with Crippen molar-refractivity contribution in [3.05, 3.63) is 35.2 Å². The highest BCUT2D eigenvalue weighted by Crippen LogP contribution is 2.25. The number of amides is 1. The second kappa shape index (κ2) is 7.22. The predicted octanol–water partition coefficient (Wildman–Crippen LogP) is 1.37. The Morgan fingerprint density at radius 3 is 2.61 bits per heavy atom. The van der Waals surface area contributed by atoms with Crippen LogP contribution < -0.4 is 0 Å². The summed E-state index contributed by atoms with van der Waals surface area (Å²) < 4.78 is 40.9. The standard InChI is InChI=1S/C17H19N5O4S2/c1-11-13(12(2)26-18-11)10-16(23)21-6-8-22(9-7-21)28(24,25)15-5-3-4-14-17(15)20-27-19-14/h3-5H,6-10H2,1-2H3. The summed E-state index contributed by atoms with van der Waals surface area (Å²) in [4.78, 5) is 14.5. The Kier molecular flexibility index (Phi) is 4.89. The molecule has 2 aromatic heterocycles. The molecule has 1 amide bonds. The summed E-state index contributed by atoms with van der Waals surface area (Å²) in [6.45, 7) is 4.74. The van der Waals surface area contributed by atoms with Crippen molar-refractivity contribution in [2.75, 3.05) is 26.2 Å². The molecule has 4 rings (SSSR count). The van der Waals surface area contributed by atoms with E-state index >= 15 is 0 Å². The zero-order valence-corrected chi connectivity index (χ0v) is 17.1. The van der Waals surface area contributed by atoms with E-state index in [-0.39, 0.29) is 30.3 Å². The molecule has 1 aliphatic rings. The molecule has 0 bridgehead atoms. The number of benzene rings is 1. The first-order valence-electron chi connectivity index (χ1n) is 8.79. The summed E-state index contributed by atoms with van der Waals surface area (Å²) in [5, 5.41) is 3.87. The summed E-state index contributed by atoms with van der Waals surface area (Å²) in [6.07, 6.45) is 0.206. The number of aryl methyl sites for hydroxylation is 2. The highest BCUT2D eigenvalue weighted by molar-refractivity contribution is 7.89. The largest absolute Gasteiger partial charge is 0.361 e. The van der Waals surface area contributed by atoms with Gasteiger partial charge in [0.15, 0.2) is 0 Å². The zero-order chi connectivity index (χ0) is 19.9. The SMILES string of the molecule is Cc1noc(C)c1CC(=O)N1CCN(S(=O)(=O)c2cccc3nsnc23)CC1. The van der Waals surface area contributed by atoms with E-state index in [2.05, 4.69) is 13.9 Å². The number of piperazine rings is 1. The van der Waals surface area contributed by atoms with Crippen molar-refractivity contribution in [2.24, 2.45) is 0 Å². The van der Waals surface area contributed by atoms with Crippen molar-refractivity contribution < 1.29 is 17.7 Å². The van der Waals surface area contributed by atoms with Gasteiger partial charge in [-0.3, -0.25) is 4.79 Å². The number of aromatic nitrogens is 3. The van der Waals surface area contributed by atoms with Gasteiger partial charge in [-0.25, -0.2) is 8.42 Å². The predicted molar refractivity (Wildman–Crippen MR) is 102 cm³/mol. The van der Waals surface area contributed by atoms with Gasteiger partial charge in [-0.15, -0.1) is 0 Å². The van der Waals surface area contributed by atoms with Crippen molar-refractivity contribution in [3.63, 3.8) is 0 Å². The fourth-order valence-corrected chi connectivity index (χ4v) is 5.50. The molecule has 0 saturated carbocycles. The summed E-state index contributed by atoms with van der Waals surface area (Å²) in [5.41, 5.74) is 2.46. The molecule has 3 aromatic rings. The minimum atomic E-state index is -3.70. The van der Waals surface area contributed by atoms with Crippen LogP contribution in [0.1, 0.15) is 17.0 Å². The molecular weight excluding hydrogens is 402 g/mol. The molecule has 0 radical (unpaired) electrons. The van der Waals surface area contributed by atoms with Crippen LogP contribution in [-0.2, 0) is 21.2 Å². The van der Waals surface area contributed by atoms with E-state index in [0.717, 1.165) is 17.3 Å². The second-order valence-corrected chi connectivity index (χ2v) is 9.09. The lowest BCUT2D eigenvalue weighted by Crippen LogP contribution is -2.50. The lowest BCUT2D eigenvalue weighted by Gasteiger charge is -2.34. The summed E-state index contributed by atoms with van der Waals surface area (Å²) in [5.74, 6) is 0.578. The van der Waals surface area contributed by atoms with E-state index in [0.29, 0.717) is 35.6 Å². The fourth-order valence-electron chi connectivity index (χ4n) is 3.32. The summed E-state index contributed by atoms with van der Waals surface area (Å²) in [6, 6.07) is 4.96. The summed E-state index contributed by atoms with van der Waals surface area (Å²) >= 11 is 0.989. The highest BCUT2D eigenvalue weighted by atomic mass is 32.2. The lowest BCUT2D eigenvalue weighted by molar-refractivity contribution is -0.131.